The van der Waals surface area contributed by atoms with Crippen molar-refractivity contribution in [1.29, 1.82) is 0 Å². The maximum Gasteiger partial charge on any atom is 0.146 e. The zero-order chi connectivity index (χ0) is 15.4. The molecule has 0 radical (unpaired) electrons. The summed E-state index contributed by atoms with van der Waals surface area (Å²) in [6.07, 6.45) is 3.60. The van der Waals surface area contributed by atoms with Gasteiger partial charge >= 0.3 is 0 Å². The summed E-state index contributed by atoms with van der Waals surface area (Å²) in [6, 6.07) is 13.2. The molecule has 0 saturated heterocycles. The summed E-state index contributed by atoms with van der Waals surface area (Å²) in [5.41, 5.74) is 0. The van der Waals surface area contributed by atoms with E-state index in [1.807, 2.05) is 17.8 Å². The molecule has 0 spiro atoms. The van der Waals surface area contributed by atoms with Gasteiger partial charge in [0.05, 0.1) is 0 Å². The quantitative estimate of drug-likeness (QED) is 0.716. The summed E-state index contributed by atoms with van der Waals surface area (Å²) >= 11 is 0. The molecule has 22 heavy (non-hydrogen) atoms. The van der Waals surface area contributed by atoms with Crippen molar-refractivity contribution in [2.24, 2.45) is 7.05 Å². The number of rotatable bonds is 5. The molecule has 3 aromatic rings. The van der Waals surface area contributed by atoms with E-state index in [4.69, 9.17) is 9.47 Å². The molecule has 0 saturated carbocycles. The normalized spacial score (nSPS) is 10.5. The van der Waals surface area contributed by atoms with Gasteiger partial charge in [0.25, 0.3) is 0 Å². The van der Waals surface area contributed by atoms with E-state index in [1.165, 1.54) is 12.1 Å². The summed E-state index contributed by atoms with van der Waals surface area (Å²) in [4.78, 5) is 4.19. The number of halogens is 1. The van der Waals surface area contributed by atoms with Gasteiger partial charge in [-0.15, -0.1) is 0 Å². The summed E-state index contributed by atoms with van der Waals surface area (Å²) in [5, 5.41) is 0. The third-order valence-corrected chi connectivity index (χ3v) is 3.14. The highest BCUT2D eigenvalue weighted by molar-refractivity contribution is 5.35. The van der Waals surface area contributed by atoms with Crippen LogP contribution in [0.25, 0.3) is 0 Å². The molecule has 0 aliphatic rings. The van der Waals surface area contributed by atoms with E-state index in [0.717, 1.165) is 11.6 Å². The first-order valence-corrected chi connectivity index (χ1v) is 6.83. The first kappa shape index (κ1) is 14.1. The van der Waals surface area contributed by atoms with Crippen molar-refractivity contribution in [3.8, 4) is 17.2 Å². The molecular weight excluding hydrogens is 283 g/mol. The molecule has 5 heteroatoms. The number of nitrogens with zero attached hydrogens (tertiary/aromatic N) is 2. The maximum atomic E-state index is 13.1. The van der Waals surface area contributed by atoms with Crippen molar-refractivity contribution in [2.75, 3.05) is 0 Å². The van der Waals surface area contributed by atoms with Crippen molar-refractivity contribution in [3.05, 3.63) is 72.6 Å². The minimum absolute atomic E-state index is 0.326. The lowest BCUT2D eigenvalue weighted by Crippen LogP contribution is -2.02. The lowest BCUT2D eigenvalue weighted by Gasteiger charge is -2.08. The van der Waals surface area contributed by atoms with Gasteiger partial charge in [-0.1, -0.05) is 6.07 Å². The molecule has 3 rings (SSSR count). The molecule has 0 amide bonds. The van der Waals surface area contributed by atoms with Gasteiger partial charge in [-0.05, 0) is 36.4 Å². The lowest BCUT2D eigenvalue weighted by atomic mass is 10.3. The molecule has 4 nitrogen and oxygen atoms in total. The van der Waals surface area contributed by atoms with Gasteiger partial charge in [-0.3, -0.25) is 0 Å². The third-order valence-electron chi connectivity index (χ3n) is 3.14. The van der Waals surface area contributed by atoms with E-state index in [2.05, 4.69) is 4.98 Å². The smallest absolute Gasteiger partial charge is 0.146 e. The van der Waals surface area contributed by atoms with E-state index in [-0.39, 0.29) is 5.82 Å². The van der Waals surface area contributed by atoms with Crippen LogP contribution in [0.3, 0.4) is 0 Å². The van der Waals surface area contributed by atoms with Crippen LogP contribution in [0, 0.1) is 5.82 Å². The second kappa shape index (κ2) is 6.30. The largest absolute Gasteiger partial charge is 0.486 e. The van der Waals surface area contributed by atoms with E-state index in [0.29, 0.717) is 18.1 Å². The molecule has 0 fully saturated rings. The van der Waals surface area contributed by atoms with Gasteiger partial charge in [0.1, 0.15) is 35.5 Å². The van der Waals surface area contributed by atoms with E-state index < -0.39 is 0 Å². The Bertz CT molecular complexity index is 753. The fraction of sp³-hybridized carbons (Fsp3) is 0.118. The van der Waals surface area contributed by atoms with Crippen LogP contribution in [0.15, 0.2) is 60.9 Å². The monoisotopic (exact) mass is 298 g/mol. The number of benzene rings is 2. The predicted molar refractivity (Wildman–Crippen MR) is 80.5 cm³/mol. The molecule has 0 aliphatic carbocycles. The number of hydrogen-bond acceptors (Lipinski definition) is 3. The van der Waals surface area contributed by atoms with Crippen molar-refractivity contribution in [1.82, 2.24) is 9.55 Å². The molecule has 0 atom stereocenters. The van der Waals surface area contributed by atoms with Crippen LogP contribution in [0.1, 0.15) is 5.82 Å². The summed E-state index contributed by atoms with van der Waals surface area (Å²) in [5.74, 6) is 2.32. The average molecular weight is 298 g/mol. The first-order valence-electron chi connectivity index (χ1n) is 6.83. The fourth-order valence-electron chi connectivity index (χ4n) is 1.95. The topological polar surface area (TPSA) is 36.3 Å². The Morgan fingerprint density at radius 3 is 2.50 bits per heavy atom. The van der Waals surface area contributed by atoms with Crippen molar-refractivity contribution in [2.45, 2.75) is 6.61 Å². The van der Waals surface area contributed by atoms with Crippen LogP contribution in [0.4, 0.5) is 4.39 Å². The van der Waals surface area contributed by atoms with E-state index in [1.54, 1.807) is 42.6 Å². The van der Waals surface area contributed by atoms with Crippen LogP contribution in [0.2, 0.25) is 0 Å². The lowest BCUT2D eigenvalue weighted by molar-refractivity contribution is 0.291. The third kappa shape index (κ3) is 3.44. The van der Waals surface area contributed by atoms with Crippen LogP contribution in [-0.2, 0) is 13.7 Å². The van der Waals surface area contributed by atoms with E-state index >= 15 is 0 Å². The molecule has 0 bridgehead atoms. The molecule has 1 heterocycles. The van der Waals surface area contributed by atoms with Gasteiger partial charge in [0.15, 0.2) is 0 Å². The second-order valence-electron chi connectivity index (χ2n) is 4.77. The summed E-state index contributed by atoms with van der Waals surface area (Å²) < 4.78 is 26.2. The second-order valence-corrected chi connectivity index (χ2v) is 4.77. The van der Waals surface area contributed by atoms with Gasteiger partial charge in [-0.25, -0.2) is 9.37 Å². The minimum Gasteiger partial charge on any atom is -0.486 e. The van der Waals surface area contributed by atoms with Crippen molar-refractivity contribution < 1.29 is 13.9 Å². The highest BCUT2D eigenvalue weighted by atomic mass is 19.1. The van der Waals surface area contributed by atoms with Gasteiger partial charge in [-0.2, -0.15) is 0 Å². The summed E-state index contributed by atoms with van der Waals surface area (Å²) in [6.45, 7) is 0.396. The number of imidazole rings is 1. The Hall–Kier alpha value is -2.82. The van der Waals surface area contributed by atoms with Crippen LogP contribution < -0.4 is 9.47 Å². The first-order chi connectivity index (χ1) is 10.7. The fourth-order valence-corrected chi connectivity index (χ4v) is 1.95. The van der Waals surface area contributed by atoms with Crippen LogP contribution in [-0.4, -0.2) is 9.55 Å². The number of ether oxygens (including phenoxy) is 2. The highest BCUT2D eigenvalue weighted by Crippen LogP contribution is 2.24. The van der Waals surface area contributed by atoms with Gasteiger partial charge in [0.2, 0.25) is 0 Å². The van der Waals surface area contributed by atoms with Crippen LogP contribution >= 0.6 is 0 Å². The number of aryl methyl sites for hydroxylation is 1. The minimum atomic E-state index is -0.326. The van der Waals surface area contributed by atoms with Gasteiger partial charge < -0.3 is 14.0 Å². The highest BCUT2D eigenvalue weighted by Gasteiger charge is 2.02. The number of aromatic nitrogens is 2. The van der Waals surface area contributed by atoms with Crippen molar-refractivity contribution >= 4 is 0 Å². The summed E-state index contributed by atoms with van der Waals surface area (Å²) in [7, 11) is 1.92. The molecule has 0 unspecified atom stereocenters. The van der Waals surface area contributed by atoms with Gasteiger partial charge in [0, 0.05) is 25.5 Å². The average Bonchev–Trinajstić information content (AvgIpc) is 2.92. The SMILES string of the molecule is Cn1ccnc1COc1ccc(Oc2cccc(F)c2)cc1. The van der Waals surface area contributed by atoms with Crippen molar-refractivity contribution in [3.63, 3.8) is 0 Å². The standard InChI is InChI=1S/C17H15FN2O2/c1-20-10-9-19-17(20)12-21-14-5-7-15(8-6-14)22-16-4-2-3-13(18)11-16/h2-11H,12H2,1H3. The zero-order valence-electron chi connectivity index (χ0n) is 12.1. The Morgan fingerprint density at radius 2 is 1.82 bits per heavy atom. The molecule has 2 aromatic carbocycles. The molecular formula is C17H15FN2O2. The Morgan fingerprint density at radius 1 is 1.05 bits per heavy atom. The maximum absolute atomic E-state index is 13.1. The molecule has 112 valence electrons. The Balaban J connectivity index is 1.61. The van der Waals surface area contributed by atoms with E-state index in [9.17, 15) is 4.39 Å². The Labute approximate surface area is 127 Å². The zero-order valence-corrected chi connectivity index (χ0v) is 12.1. The molecule has 1 aromatic heterocycles. The van der Waals surface area contributed by atoms with Crippen LogP contribution in [0.5, 0.6) is 17.2 Å². The molecule has 0 aliphatic heterocycles. The Kier molecular flexibility index (Phi) is 4.05. The molecule has 0 N–H and O–H groups in total. The predicted octanol–water partition coefficient (Wildman–Crippen LogP) is 3.93. The number of hydrogen-bond donors (Lipinski definition) is 0.